The summed E-state index contributed by atoms with van der Waals surface area (Å²) < 4.78 is -0.270. The number of nitrogens with two attached hydrogens (primary N) is 1. The van der Waals surface area contributed by atoms with Gasteiger partial charge < -0.3 is 5.73 Å². The number of hydrogen-bond donors (Lipinski definition) is 1. The maximum atomic E-state index is 11.3. The molecule has 0 aromatic heterocycles. The van der Waals surface area contributed by atoms with Gasteiger partial charge in [-0.2, -0.15) is 0 Å². The molecule has 0 aliphatic carbocycles. The van der Waals surface area contributed by atoms with Crippen LogP contribution in [0.25, 0.3) is 0 Å². The third kappa shape index (κ3) is 5.92. The Balaban J connectivity index is 1.93. The van der Waals surface area contributed by atoms with Crippen LogP contribution in [-0.4, -0.2) is 32.4 Å². The molecular formula is C14H18IN3O6S2. The van der Waals surface area contributed by atoms with Crippen molar-refractivity contribution in [2.24, 2.45) is 5.73 Å². The van der Waals surface area contributed by atoms with E-state index >= 15 is 0 Å². The van der Waals surface area contributed by atoms with Gasteiger partial charge in [-0.05, 0) is 41.5 Å². The molecule has 9 nitrogen and oxygen atoms in total. The minimum absolute atomic E-state index is 0.198. The van der Waals surface area contributed by atoms with Gasteiger partial charge in [-0.1, -0.05) is 21.6 Å². The number of hydrogen-bond acceptors (Lipinski definition) is 9. The lowest BCUT2D eigenvalue weighted by Gasteiger charge is -2.18. The Labute approximate surface area is 171 Å². The summed E-state index contributed by atoms with van der Waals surface area (Å²) in [7, 11) is 3.02. The number of rotatable bonds is 10. The van der Waals surface area contributed by atoms with Crippen molar-refractivity contribution in [3.63, 3.8) is 0 Å². The molecule has 0 radical (unpaired) electrons. The van der Waals surface area contributed by atoms with Gasteiger partial charge in [0.25, 0.3) is 11.4 Å². The van der Waals surface area contributed by atoms with Crippen molar-refractivity contribution in [2.45, 2.75) is 28.1 Å². The zero-order valence-electron chi connectivity index (χ0n) is 13.7. The molecule has 1 fully saturated rings. The normalized spacial score (nSPS) is 20.8. The molecule has 2 rings (SSSR count). The second-order valence-electron chi connectivity index (χ2n) is 5.54. The van der Waals surface area contributed by atoms with Gasteiger partial charge >= 0.3 is 0 Å². The molecule has 0 spiro atoms. The number of alkyl halides is 1. The van der Waals surface area contributed by atoms with Gasteiger partial charge in [0.1, 0.15) is 0 Å². The maximum absolute atomic E-state index is 11.3. The van der Waals surface area contributed by atoms with E-state index in [1.165, 1.54) is 22.9 Å². The summed E-state index contributed by atoms with van der Waals surface area (Å²) >= 11 is 2.25. The molecule has 26 heavy (non-hydrogen) atoms. The summed E-state index contributed by atoms with van der Waals surface area (Å²) in [6, 6.07) is 3.68. The highest BCUT2D eigenvalue weighted by Gasteiger charge is 2.33. The van der Waals surface area contributed by atoms with Crippen LogP contribution in [-0.2, 0) is 9.78 Å². The first-order valence-electron chi connectivity index (χ1n) is 7.77. The molecule has 144 valence electrons. The number of nitro groups is 2. The van der Waals surface area contributed by atoms with E-state index in [2.05, 4.69) is 22.6 Å². The molecule has 1 heterocycles. The monoisotopic (exact) mass is 515 g/mol. The molecule has 1 aliphatic rings. The Morgan fingerprint density at radius 2 is 2.12 bits per heavy atom. The number of halogens is 1. The Morgan fingerprint density at radius 1 is 1.35 bits per heavy atom. The third-order valence-electron chi connectivity index (χ3n) is 3.71. The fourth-order valence-electron chi connectivity index (χ4n) is 2.37. The molecule has 1 saturated heterocycles. The first-order valence-corrected chi connectivity index (χ1v) is 11.2. The number of nitro benzene ring substituents is 2. The average Bonchev–Trinajstić information content (AvgIpc) is 3.04. The second kappa shape index (κ2) is 10.0. The van der Waals surface area contributed by atoms with Crippen molar-refractivity contribution in [2.75, 3.05) is 18.9 Å². The Kier molecular flexibility index (Phi) is 8.35. The minimum Gasteiger partial charge on any atom is -0.329 e. The Bertz CT molecular complexity index is 660. The lowest BCUT2D eigenvalue weighted by Crippen LogP contribution is -2.18. The summed E-state index contributed by atoms with van der Waals surface area (Å²) in [6.45, 7) is 0.799. The summed E-state index contributed by atoms with van der Waals surface area (Å²) in [4.78, 5) is 31.1. The summed E-state index contributed by atoms with van der Waals surface area (Å²) in [5.74, 6) is 0.829. The molecular weight excluding hydrogens is 497 g/mol. The van der Waals surface area contributed by atoms with Gasteiger partial charge in [0, 0.05) is 30.3 Å². The van der Waals surface area contributed by atoms with Crippen LogP contribution in [0.5, 0.6) is 0 Å². The molecule has 1 aliphatic heterocycles. The molecule has 1 aromatic carbocycles. The van der Waals surface area contributed by atoms with E-state index in [4.69, 9.17) is 15.5 Å². The molecule has 2 atom stereocenters. The van der Waals surface area contributed by atoms with E-state index in [0.717, 1.165) is 31.1 Å². The predicted octanol–water partition coefficient (Wildman–Crippen LogP) is 4.15. The van der Waals surface area contributed by atoms with Crippen LogP contribution in [0.1, 0.15) is 30.1 Å². The first kappa shape index (κ1) is 21.6. The van der Waals surface area contributed by atoms with E-state index in [-0.39, 0.29) is 26.8 Å². The fourth-order valence-corrected chi connectivity index (χ4v) is 5.68. The molecule has 2 unspecified atom stereocenters. The van der Waals surface area contributed by atoms with Crippen molar-refractivity contribution in [3.05, 3.63) is 44.0 Å². The Hall–Kier alpha value is -0.670. The van der Waals surface area contributed by atoms with Gasteiger partial charge in [-0.15, -0.1) is 0 Å². The lowest BCUT2D eigenvalue weighted by molar-refractivity contribution is -0.394. The summed E-state index contributed by atoms with van der Waals surface area (Å²) in [6.07, 6.45) is 2.61. The average molecular weight is 515 g/mol. The molecule has 0 bridgehead atoms. The van der Waals surface area contributed by atoms with Crippen molar-refractivity contribution in [1.82, 2.24) is 0 Å². The highest BCUT2D eigenvalue weighted by molar-refractivity contribution is 14.1. The van der Waals surface area contributed by atoms with Crippen LogP contribution >= 0.6 is 44.2 Å². The van der Waals surface area contributed by atoms with E-state index in [1.807, 2.05) is 0 Å². The van der Waals surface area contributed by atoms with Crippen LogP contribution in [0, 0.1) is 20.2 Å². The van der Waals surface area contributed by atoms with Crippen molar-refractivity contribution >= 4 is 55.6 Å². The molecule has 2 N–H and O–H groups in total. The van der Waals surface area contributed by atoms with Gasteiger partial charge in [0.15, 0.2) is 3.61 Å². The summed E-state index contributed by atoms with van der Waals surface area (Å²) in [5, 5.41) is 21.8. The van der Waals surface area contributed by atoms with Gasteiger partial charge in [0.05, 0.1) is 27.8 Å². The number of non-ortho nitro benzene ring substituents is 1. The SMILES string of the molecule is NCC(SSCCCC1(I)CCOO1)c1ccc([N+](=O)[O-])cc1[N+](=O)[O-]. The first-order chi connectivity index (χ1) is 12.4. The van der Waals surface area contributed by atoms with Gasteiger partial charge in [0.2, 0.25) is 0 Å². The largest absolute Gasteiger partial charge is 0.329 e. The summed E-state index contributed by atoms with van der Waals surface area (Å²) in [5.41, 5.74) is 5.60. The quantitative estimate of drug-likeness (QED) is 0.0929. The van der Waals surface area contributed by atoms with E-state index in [1.54, 1.807) is 10.8 Å². The molecule has 12 heteroatoms. The van der Waals surface area contributed by atoms with Crippen LogP contribution in [0.4, 0.5) is 11.4 Å². The zero-order valence-corrected chi connectivity index (χ0v) is 17.5. The number of nitrogens with zero attached hydrogens (tertiary/aromatic N) is 2. The van der Waals surface area contributed by atoms with Crippen LogP contribution < -0.4 is 5.73 Å². The van der Waals surface area contributed by atoms with Crippen molar-refractivity contribution in [3.8, 4) is 0 Å². The maximum Gasteiger partial charge on any atom is 0.280 e. The molecule has 0 amide bonds. The topological polar surface area (TPSA) is 131 Å². The second-order valence-corrected chi connectivity index (χ2v) is 10.2. The number of benzene rings is 1. The standard InChI is InChI=1S/C14H18IN3O6S2/c15-14(5-6-23-24-14)4-1-7-25-26-13(9-16)11-3-2-10(17(19)20)8-12(11)18(21)22/h2-3,8,13H,1,4-7,9,16H2. The van der Waals surface area contributed by atoms with E-state index in [0.29, 0.717) is 12.2 Å². The fraction of sp³-hybridized carbons (Fsp3) is 0.571. The van der Waals surface area contributed by atoms with E-state index in [9.17, 15) is 20.2 Å². The minimum atomic E-state index is -0.648. The van der Waals surface area contributed by atoms with Gasteiger partial charge in [-0.3, -0.25) is 20.2 Å². The van der Waals surface area contributed by atoms with Crippen molar-refractivity contribution in [1.29, 1.82) is 0 Å². The molecule has 1 aromatic rings. The lowest BCUT2D eigenvalue weighted by atomic mass is 10.1. The third-order valence-corrected chi connectivity index (χ3v) is 7.85. The Morgan fingerprint density at radius 3 is 2.69 bits per heavy atom. The molecule has 0 saturated carbocycles. The highest BCUT2D eigenvalue weighted by atomic mass is 127. The van der Waals surface area contributed by atoms with Crippen LogP contribution in [0.2, 0.25) is 0 Å². The van der Waals surface area contributed by atoms with Crippen LogP contribution in [0.15, 0.2) is 18.2 Å². The van der Waals surface area contributed by atoms with Gasteiger partial charge in [-0.25, -0.2) is 9.78 Å². The predicted molar refractivity (Wildman–Crippen MR) is 109 cm³/mol. The van der Waals surface area contributed by atoms with E-state index < -0.39 is 9.85 Å². The van der Waals surface area contributed by atoms with Crippen LogP contribution in [0.3, 0.4) is 0 Å². The zero-order chi connectivity index (χ0) is 19.2. The van der Waals surface area contributed by atoms with Crippen molar-refractivity contribution < 1.29 is 19.6 Å². The highest BCUT2D eigenvalue weighted by Crippen LogP contribution is 2.43. The smallest absolute Gasteiger partial charge is 0.280 e.